The van der Waals surface area contributed by atoms with E-state index in [0.29, 0.717) is 50.2 Å². The van der Waals surface area contributed by atoms with Crippen molar-refractivity contribution in [3.63, 3.8) is 0 Å². The van der Waals surface area contributed by atoms with Crippen LogP contribution in [0.3, 0.4) is 0 Å². The van der Waals surface area contributed by atoms with Gasteiger partial charge in [0.2, 0.25) is 5.91 Å². The smallest absolute Gasteiger partial charge is 0.272 e. The first-order chi connectivity index (χ1) is 14.6. The van der Waals surface area contributed by atoms with E-state index in [2.05, 4.69) is 15.5 Å². The van der Waals surface area contributed by atoms with Crippen LogP contribution < -0.4 is 5.32 Å². The molecular formula is C23H26N4O3. The topological polar surface area (TPSA) is 95.2 Å². The Morgan fingerprint density at radius 3 is 2.73 bits per heavy atom. The van der Waals surface area contributed by atoms with Gasteiger partial charge in [0.05, 0.1) is 18.7 Å². The molecule has 0 bridgehead atoms. The Morgan fingerprint density at radius 1 is 1.17 bits per heavy atom. The molecule has 1 aromatic heterocycles. The van der Waals surface area contributed by atoms with Crippen LogP contribution in [0.25, 0.3) is 5.57 Å². The maximum Gasteiger partial charge on any atom is 0.272 e. The van der Waals surface area contributed by atoms with Crippen molar-refractivity contribution in [1.82, 2.24) is 20.4 Å². The minimum Gasteiger partial charge on any atom is -0.351 e. The van der Waals surface area contributed by atoms with E-state index < -0.39 is 0 Å². The van der Waals surface area contributed by atoms with Crippen LogP contribution in [0, 0.1) is 0 Å². The summed E-state index contributed by atoms with van der Waals surface area (Å²) in [6.45, 7) is 3.50. The summed E-state index contributed by atoms with van der Waals surface area (Å²) >= 11 is 0. The Morgan fingerprint density at radius 2 is 1.97 bits per heavy atom. The number of allylic oxidation sites excluding steroid dienone is 1. The molecule has 0 unspecified atom stereocenters. The Bertz CT molecular complexity index is 1010. The van der Waals surface area contributed by atoms with Crippen molar-refractivity contribution >= 4 is 23.2 Å². The van der Waals surface area contributed by atoms with Gasteiger partial charge >= 0.3 is 0 Å². The predicted molar refractivity (Wildman–Crippen MR) is 113 cm³/mol. The minimum atomic E-state index is -0.177. The lowest BCUT2D eigenvalue weighted by atomic mass is 9.98. The van der Waals surface area contributed by atoms with Crippen molar-refractivity contribution in [3.8, 4) is 0 Å². The first kappa shape index (κ1) is 20.1. The molecule has 7 heteroatoms. The van der Waals surface area contributed by atoms with Crippen molar-refractivity contribution in [1.29, 1.82) is 0 Å². The zero-order chi connectivity index (χ0) is 21.1. The average molecular weight is 406 g/mol. The van der Waals surface area contributed by atoms with Gasteiger partial charge in [0.1, 0.15) is 0 Å². The summed E-state index contributed by atoms with van der Waals surface area (Å²) in [7, 11) is 0. The Labute approximate surface area is 175 Å². The summed E-state index contributed by atoms with van der Waals surface area (Å²) in [6, 6.07) is 9.81. The Hall–Kier alpha value is -3.22. The van der Waals surface area contributed by atoms with E-state index in [1.54, 1.807) is 4.90 Å². The quantitative estimate of drug-likeness (QED) is 0.771. The van der Waals surface area contributed by atoms with Crippen LogP contribution in [0.4, 0.5) is 0 Å². The second kappa shape index (κ2) is 8.65. The molecule has 0 radical (unpaired) electrons. The normalized spacial score (nSPS) is 16.0. The van der Waals surface area contributed by atoms with Gasteiger partial charge in [0.15, 0.2) is 11.5 Å². The van der Waals surface area contributed by atoms with Crippen LogP contribution in [0.5, 0.6) is 0 Å². The van der Waals surface area contributed by atoms with Crippen LogP contribution in [0.1, 0.15) is 59.9 Å². The number of ketones is 1. The molecule has 0 saturated carbocycles. The van der Waals surface area contributed by atoms with Crippen LogP contribution in [0.15, 0.2) is 35.9 Å². The second-order valence-electron chi connectivity index (χ2n) is 7.77. The molecule has 156 valence electrons. The molecular weight excluding hydrogens is 380 g/mol. The Kier molecular flexibility index (Phi) is 5.79. The van der Waals surface area contributed by atoms with E-state index in [0.717, 1.165) is 28.8 Å². The lowest BCUT2D eigenvalue weighted by molar-refractivity contribution is -0.132. The molecule has 1 aliphatic carbocycles. The molecule has 2 aliphatic rings. The second-order valence-corrected chi connectivity index (χ2v) is 7.77. The first-order valence-electron chi connectivity index (χ1n) is 10.5. The summed E-state index contributed by atoms with van der Waals surface area (Å²) in [5, 5.41) is 9.94. The van der Waals surface area contributed by atoms with Gasteiger partial charge in [-0.15, -0.1) is 0 Å². The molecule has 0 spiro atoms. The monoisotopic (exact) mass is 406 g/mol. The highest BCUT2D eigenvalue weighted by Gasteiger charge is 2.31. The van der Waals surface area contributed by atoms with E-state index in [4.69, 9.17) is 0 Å². The summed E-state index contributed by atoms with van der Waals surface area (Å²) < 4.78 is 0. The third-order valence-corrected chi connectivity index (χ3v) is 5.79. The number of rotatable bonds is 6. The zero-order valence-corrected chi connectivity index (χ0v) is 17.2. The molecule has 0 atom stereocenters. The van der Waals surface area contributed by atoms with Gasteiger partial charge in [-0.05, 0) is 30.4 Å². The highest BCUT2D eigenvalue weighted by molar-refractivity contribution is 6.10. The van der Waals surface area contributed by atoms with Crippen molar-refractivity contribution in [2.45, 2.75) is 45.6 Å². The third-order valence-electron chi connectivity index (χ3n) is 5.79. The standard InChI is InChI=1S/C23H26N4O3/c1-2-11-24-23(30)22-17-10-12-27(14-19(17)25-26-22)21(29)13-18-16(8-9-20(18)28)15-6-4-3-5-7-15/h3-7H,2,8-14H2,1H3,(H,24,30)(H,25,26). The number of benzene rings is 1. The molecule has 1 aromatic carbocycles. The van der Waals surface area contributed by atoms with Crippen molar-refractivity contribution in [2.75, 3.05) is 13.1 Å². The lowest BCUT2D eigenvalue weighted by Gasteiger charge is -2.27. The van der Waals surface area contributed by atoms with Crippen molar-refractivity contribution in [2.24, 2.45) is 0 Å². The van der Waals surface area contributed by atoms with Crippen molar-refractivity contribution < 1.29 is 14.4 Å². The van der Waals surface area contributed by atoms with Gasteiger partial charge in [-0.2, -0.15) is 5.10 Å². The van der Waals surface area contributed by atoms with Gasteiger partial charge < -0.3 is 10.2 Å². The maximum absolute atomic E-state index is 13.0. The van der Waals surface area contributed by atoms with Gasteiger partial charge in [-0.25, -0.2) is 0 Å². The highest BCUT2D eigenvalue weighted by atomic mass is 16.2. The van der Waals surface area contributed by atoms with Crippen molar-refractivity contribution in [3.05, 3.63) is 58.4 Å². The fourth-order valence-electron chi connectivity index (χ4n) is 4.18. The van der Waals surface area contributed by atoms with Crippen LogP contribution >= 0.6 is 0 Å². The summed E-state index contributed by atoms with van der Waals surface area (Å²) in [6.07, 6.45) is 2.71. The number of amides is 2. The lowest BCUT2D eigenvalue weighted by Crippen LogP contribution is -2.37. The number of aromatic amines is 1. The molecule has 1 aliphatic heterocycles. The predicted octanol–water partition coefficient (Wildman–Crippen LogP) is 2.64. The number of carbonyl (C=O) groups is 3. The minimum absolute atomic E-state index is 0.0640. The van der Waals surface area contributed by atoms with E-state index in [9.17, 15) is 14.4 Å². The Balaban J connectivity index is 1.47. The van der Waals surface area contributed by atoms with Gasteiger partial charge in [-0.3, -0.25) is 19.5 Å². The fourth-order valence-corrected chi connectivity index (χ4v) is 4.18. The number of hydrogen-bond acceptors (Lipinski definition) is 4. The molecule has 4 rings (SSSR count). The number of aromatic nitrogens is 2. The van der Waals surface area contributed by atoms with Crippen LogP contribution in [-0.4, -0.2) is 45.8 Å². The van der Waals surface area contributed by atoms with Crippen LogP contribution in [0.2, 0.25) is 0 Å². The maximum atomic E-state index is 13.0. The van der Waals surface area contributed by atoms with E-state index in [1.165, 1.54) is 0 Å². The largest absolute Gasteiger partial charge is 0.351 e. The number of nitrogens with one attached hydrogen (secondary N) is 2. The molecule has 2 aromatic rings. The molecule has 2 heterocycles. The zero-order valence-electron chi connectivity index (χ0n) is 17.2. The number of fused-ring (bicyclic) bond motifs is 1. The molecule has 7 nitrogen and oxygen atoms in total. The first-order valence-corrected chi connectivity index (χ1v) is 10.5. The van der Waals surface area contributed by atoms with Gasteiger partial charge in [0, 0.05) is 30.6 Å². The number of nitrogens with zero attached hydrogens (tertiary/aromatic N) is 2. The van der Waals surface area contributed by atoms with E-state index in [1.807, 2.05) is 37.3 Å². The number of hydrogen-bond donors (Lipinski definition) is 2. The third kappa shape index (κ3) is 3.92. The summed E-state index contributed by atoms with van der Waals surface area (Å²) in [5.74, 6) is -0.175. The van der Waals surface area contributed by atoms with Gasteiger partial charge in [0.25, 0.3) is 5.91 Å². The highest BCUT2D eigenvalue weighted by Crippen LogP contribution is 2.34. The SMILES string of the molecule is CCCNC(=O)c1n[nH]c2c1CCN(C(=O)CC1=C(c3ccccc3)CCC1=O)C2. The van der Waals surface area contributed by atoms with E-state index in [-0.39, 0.29) is 24.0 Å². The molecule has 2 N–H and O–H groups in total. The molecule has 30 heavy (non-hydrogen) atoms. The number of carbonyl (C=O) groups excluding carboxylic acids is 3. The summed E-state index contributed by atoms with van der Waals surface area (Å²) in [5.41, 5.74) is 4.75. The number of H-pyrrole nitrogens is 1. The van der Waals surface area contributed by atoms with E-state index >= 15 is 0 Å². The molecule has 0 saturated heterocycles. The molecule has 2 amide bonds. The fraction of sp³-hybridized carbons (Fsp3) is 0.391. The van der Waals surface area contributed by atoms with Crippen LogP contribution in [-0.2, 0) is 22.6 Å². The average Bonchev–Trinajstić information content (AvgIpc) is 3.36. The van der Waals surface area contributed by atoms with Gasteiger partial charge in [-0.1, -0.05) is 37.3 Å². The molecule has 0 fully saturated rings. The number of Topliss-reactive ketones (excluding diaryl/α,β-unsaturated/α-hetero) is 1. The summed E-state index contributed by atoms with van der Waals surface area (Å²) in [4.78, 5) is 39.5.